The highest BCUT2D eigenvalue weighted by atomic mass is 127. The second kappa shape index (κ2) is 4.79. The standard InChI is InChI=1S/C8HF6IN2O/c9-7(10,11)6-3(15)1-5(4(2-16)17-6)18-8(12,13)14/h1H. The highest BCUT2D eigenvalue weighted by Gasteiger charge is 2.38. The van der Waals surface area contributed by atoms with E-state index in [2.05, 4.69) is 9.72 Å². The highest BCUT2D eigenvalue weighted by Crippen LogP contribution is 2.35. The van der Waals surface area contributed by atoms with Gasteiger partial charge in [-0.2, -0.15) is 18.4 Å². The van der Waals surface area contributed by atoms with E-state index < -0.39 is 33.2 Å². The third-order valence-corrected chi connectivity index (χ3v) is 2.36. The van der Waals surface area contributed by atoms with Gasteiger partial charge in [-0.3, -0.25) is 0 Å². The van der Waals surface area contributed by atoms with Crippen molar-refractivity contribution in [1.82, 2.24) is 4.98 Å². The Morgan fingerprint density at radius 1 is 1.22 bits per heavy atom. The van der Waals surface area contributed by atoms with Crippen molar-refractivity contribution in [3.8, 4) is 11.8 Å². The van der Waals surface area contributed by atoms with Gasteiger partial charge in [0.2, 0.25) is 0 Å². The third-order valence-electron chi connectivity index (χ3n) is 1.54. The Labute approximate surface area is 110 Å². The molecule has 0 unspecified atom stereocenters. The molecule has 0 spiro atoms. The van der Waals surface area contributed by atoms with Crippen LogP contribution in [0.3, 0.4) is 0 Å². The molecule has 18 heavy (non-hydrogen) atoms. The summed E-state index contributed by atoms with van der Waals surface area (Å²) < 4.78 is 75.8. The number of aromatic nitrogens is 1. The molecule has 1 rings (SSSR count). The summed E-state index contributed by atoms with van der Waals surface area (Å²) in [5, 5.41) is 8.47. The molecule has 98 valence electrons. The SMILES string of the molecule is N#Cc1nc(C(F)(F)F)c(I)cc1OC(F)(F)F. The molecule has 0 saturated carbocycles. The van der Waals surface area contributed by atoms with Crippen molar-refractivity contribution in [2.75, 3.05) is 0 Å². The van der Waals surface area contributed by atoms with E-state index in [9.17, 15) is 26.3 Å². The Morgan fingerprint density at radius 2 is 1.78 bits per heavy atom. The topological polar surface area (TPSA) is 45.9 Å². The van der Waals surface area contributed by atoms with Gasteiger partial charge in [0, 0.05) is 3.57 Å². The first-order valence-electron chi connectivity index (χ1n) is 3.98. The van der Waals surface area contributed by atoms with Gasteiger partial charge in [-0.15, -0.1) is 13.2 Å². The summed E-state index contributed by atoms with van der Waals surface area (Å²) >= 11 is 1.16. The van der Waals surface area contributed by atoms with E-state index in [1.807, 2.05) is 0 Å². The van der Waals surface area contributed by atoms with Crippen LogP contribution in [0, 0.1) is 14.9 Å². The van der Waals surface area contributed by atoms with Crippen molar-refractivity contribution in [1.29, 1.82) is 5.26 Å². The van der Waals surface area contributed by atoms with Gasteiger partial charge in [0.1, 0.15) is 6.07 Å². The summed E-state index contributed by atoms with van der Waals surface area (Å²) in [5.41, 5.74) is -2.52. The van der Waals surface area contributed by atoms with Gasteiger partial charge in [-0.1, -0.05) is 0 Å². The van der Waals surface area contributed by atoms with Crippen LogP contribution in [0.1, 0.15) is 11.4 Å². The van der Waals surface area contributed by atoms with Gasteiger partial charge in [-0.25, -0.2) is 4.98 Å². The number of ether oxygens (including phenoxy) is 1. The maximum atomic E-state index is 12.4. The minimum Gasteiger partial charge on any atom is -0.403 e. The summed E-state index contributed by atoms with van der Waals surface area (Å²) in [6.45, 7) is 0. The minimum absolute atomic E-state index is 0.461. The Morgan fingerprint density at radius 3 is 2.17 bits per heavy atom. The molecule has 1 aromatic heterocycles. The first-order chi connectivity index (χ1) is 8.04. The Balaban J connectivity index is 3.34. The molecule has 0 aliphatic rings. The van der Waals surface area contributed by atoms with E-state index in [-0.39, 0.29) is 0 Å². The van der Waals surface area contributed by atoms with Gasteiger partial charge in [0.25, 0.3) is 0 Å². The van der Waals surface area contributed by atoms with Crippen LogP contribution in [0.25, 0.3) is 0 Å². The largest absolute Gasteiger partial charge is 0.573 e. The van der Waals surface area contributed by atoms with E-state index in [0.717, 1.165) is 28.7 Å². The van der Waals surface area contributed by atoms with Crippen LogP contribution in [0.5, 0.6) is 5.75 Å². The zero-order valence-corrected chi connectivity index (χ0v) is 10.2. The van der Waals surface area contributed by atoms with Gasteiger partial charge in [-0.05, 0) is 28.7 Å². The van der Waals surface area contributed by atoms with E-state index in [0.29, 0.717) is 6.07 Å². The summed E-state index contributed by atoms with van der Waals surface area (Å²) in [6, 6.07) is 1.58. The molecule has 0 N–H and O–H groups in total. The first kappa shape index (κ1) is 14.8. The van der Waals surface area contributed by atoms with E-state index in [4.69, 9.17) is 5.26 Å². The van der Waals surface area contributed by atoms with Crippen molar-refractivity contribution < 1.29 is 31.1 Å². The van der Waals surface area contributed by atoms with Crippen LogP contribution >= 0.6 is 22.6 Å². The summed E-state index contributed by atoms with van der Waals surface area (Å²) in [5.74, 6) is -1.07. The zero-order chi connectivity index (χ0) is 14.1. The molecule has 1 aromatic rings. The molecule has 0 bridgehead atoms. The Kier molecular flexibility index (Phi) is 3.94. The number of nitriles is 1. The van der Waals surface area contributed by atoms with Crippen molar-refractivity contribution in [2.24, 2.45) is 0 Å². The molecule has 10 heteroatoms. The third kappa shape index (κ3) is 3.62. The fourth-order valence-electron chi connectivity index (χ4n) is 0.953. The van der Waals surface area contributed by atoms with Crippen molar-refractivity contribution in [3.63, 3.8) is 0 Å². The van der Waals surface area contributed by atoms with Crippen LogP contribution in [-0.4, -0.2) is 11.3 Å². The van der Waals surface area contributed by atoms with Gasteiger partial charge < -0.3 is 4.74 Å². The minimum atomic E-state index is -5.11. The van der Waals surface area contributed by atoms with E-state index >= 15 is 0 Å². The van der Waals surface area contributed by atoms with E-state index in [1.54, 1.807) is 0 Å². The molecular formula is C8HF6IN2O. The number of hydrogen-bond acceptors (Lipinski definition) is 3. The number of rotatable bonds is 1. The molecule has 0 aromatic carbocycles. The number of pyridine rings is 1. The predicted molar refractivity (Wildman–Crippen MR) is 53.4 cm³/mol. The lowest BCUT2D eigenvalue weighted by atomic mass is 10.3. The van der Waals surface area contributed by atoms with Crippen LogP contribution < -0.4 is 4.74 Å². The molecule has 1 heterocycles. The summed E-state index contributed by atoms with van der Waals surface area (Å²) in [7, 11) is 0. The normalized spacial score (nSPS) is 12.1. The van der Waals surface area contributed by atoms with Crippen molar-refractivity contribution in [2.45, 2.75) is 12.5 Å². The molecule has 0 saturated heterocycles. The molecular weight excluding hydrogens is 381 g/mol. The van der Waals surface area contributed by atoms with Crippen LogP contribution in [0.15, 0.2) is 6.07 Å². The predicted octanol–water partition coefficient (Wildman–Crippen LogP) is 3.48. The maximum absolute atomic E-state index is 12.4. The monoisotopic (exact) mass is 382 g/mol. The second-order valence-corrected chi connectivity index (χ2v) is 3.99. The average molecular weight is 382 g/mol. The number of hydrogen-bond donors (Lipinski definition) is 0. The summed E-state index contributed by atoms with van der Waals surface area (Å²) in [4.78, 5) is 2.83. The van der Waals surface area contributed by atoms with Gasteiger partial charge in [0.05, 0.1) is 0 Å². The molecule has 0 aliphatic heterocycles. The molecule has 0 fully saturated rings. The van der Waals surface area contributed by atoms with Crippen molar-refractivity contribution >= 4 is 22.6 Å². The molecule has 0 aliphatic carbocycles. The van der Waals surface area contributed by atoms with Crippen LogP contribution in [0.4, 0.5) is 26.3 Å². The number of nitrogens with zero attached hydrogens (tertiary/aromatic N) is 2. The number of alkyl halides is 6. The van der Waals surface area contributed by atoms with Gasteiger partial charge >= 0.3 is 12.5 Å². The lowest BCUT2D eigenvalue weighted by molar-refractivity contribution is -0.274. The molecule has 0 radical (unpaired) electrons. The zero-order valence-electron chi connectivity index (χ0n) is 8.03. The highest BCUT2D eigenvalue weighted by molar-refractivity contribution is 14.1. The fourth-order valence-corrected chi connectivity index (χ4v) is 1.66. The van der Waals surface area contributed by atoms with Crippen LogP contribution in [0.2, 0.25) is 0 Å². The Bertz CT molecular complexity index is 504. The second-order valence-electron chi connectivity index (χ2n) is 2.82. The quantitative estimate of drug-likeness (QED) is 0.552. The van der Waals surface area contributed by atoms with Gasteiger partial charge in [0.15, 0.2) is 17.1 Å². The first-order valence-corrected chi connectivity index (χ1v) is 5.06. The maximum Gasteiger partial charge on any atom is 0.573 e. The lowest BCUT2D eigenvalue weighted by Crippen LogP contribution is -2.20. The molecule has 0 atom stereocenters. The molecule has 0 amide bonds. The molecule has 3 nitrogen and oxygen atoms in total. The fraction of sp³-hybridized carbons (Fsp3) is 0.250. The van der Waals surface area contributed by atoms with Crippen molar-refractivity contribution in [3.05, 3.63) is 21.0 Å². The van der Waals surface area contributed by atoms with E-state index in [1.165, 1.54) is 0 Å². The Hall–Kier alpha value is -1.25. The number of halogens is 7. The van der Waals surface area contributed by atoms with Crippen LogP contribution in [-0.2, 0) is 6.18 Å². The summed E-state index contributed by atoms with van der Waals surface area (Å²) in [6.07, 6.45) is -9.98. The smallest absolute Gasteiger partial charge is 0.403 e. The lowest BCUT2D eigenvalue weighted by Gasteiger charge is -2.13. The average Bonchev–Trinajstić information content (AvgIpc) is 2.13.